The van der Waals surface area contributed by atoms with Crippen molar-refractivity contribution in [3.8, 4) is 0 Å². The molecule has 0 aliphatic rings. The summed E-state index contributed by atoms with van der Waals surface area (Å²) in [5.41, 5.74) is 2.35. The molecule has 0 saturated heterocycles. The van der Waals surface area contributed by atoms with Gasteiger partial charge in [-0.3, -0.25) is 9.88 Å². The first-order chi connectivity index (χ1) is 9.02. The molecule has 0 saturated carbocycles. The number of rotatable bonds is 8. The Balaban J connectivity index is 2.57. The summed E-state index contributed by atoms with van der Waals surface area (Å²) in [7, 11) is 0. The fourth-order valence-corrected chi connectivity index (χ4v) is 1.81. The minimum atomic E-state index is 0.502. The first kappa shape index (κ1) is 15.9. The third-order valence-electron chi connectivity index (χ3n) is 3.06. The topological polar surface area (TPSA) is 28.2 Å². The van der Waals surface area contributed by atoms with Crippen LogP contribution in [0.1, 0.15) is 39.0 Å². The molecule has 0 aliphatic heterocycles. The summed E-state index contributed by atoms with van der Waals surface area (Å²) in [6.45, 7) is 15.2. The Morgan fingerprint density at radius 2 is 2.05 bits per heavy atom. The third-order valence-corrected chi connectivity index (χ3v) is 3.06. The van der Waals surface area contributed by atoms with Crippen molar-refractivity contribution in [3.05, 3.63) is 42.2 Å². The van der Waals surface area contributed by atoms with Crippen LogP contribution in [0.2, 0.25) is 0 Å². The van der Waals surface area contributed by atoms with Gasteiger partial charge in [0.05, 0.1) is 5.69 Å². The molecule has 0 aromatic carbocycles. The van der Waals surface area contributed by atoms with Crippen LogP contribution in [0.3, 0.4) is 0 Å². The zero-order valence-corrected chi connectivity index (χ0v) is 12.7. The molecule has 0 unspecified atom stereocenters. The molecule has 1 heterocycles. The molecule has 1 rings (SSSR count). The van der Waals surface area contributed by atoms with E-state index in [4.69, 9.17) is 0 Å². The second-order valence-electron chi connectivity index (χ2n) is 5.51. The normalized spacial score (nSPS) is 11.5. The lowest BCUT2D eigenvalue weighted by atomic mass is 10.2. The molecule has 1 aromatic rings. The molecule has 1 N–H and O–H groups in total. The van der Waals surface area contributed by atoms with Crippen LogP contribution in [-0.4, -0.2) is 28.5 Å². The SMILES string of the molecule is C=CCN(Cc1ccc(CNC(C)C)cn1)C(C)C. The summed E-state index contributed by atoms with van der Waals surface area (Å²) >= 11 is 0. The maximum atomic E-state index is 4.55. The Morgan fingerprint density at radius 1 is 1.32 bits per heavy atom. The van der Waals surface area contributed by atoms with Gasteiger partial charge in [-0.1, -0.05) is 26.0 Å². The summed E-state index contributed by atoms with van der Waals surface area (Å²) in [6, 6.07) is 5.28. The van der Waals surface area contributed by atoms with Gasteiger partial charge in [-0.25, -0.2) is 0 Å². The van der Waals surface area contributed by atoms with Gasteiger partial charge < -0.3 is 5.32 Å². The zero-order valence-electron chi connectivity index (χ0n) is 12.7. The van der Waals surface area contributed by atoms with Crippen molar-refractivity contribution >= 4 is 0 Å². The van der Waals surface area contributed by atoms with Crippen LogP contribution in [0.4, 0.5) is 0 Å². The highest BCUT2D eigenvalue weighted by Gasteiger charge is 2.09. The van der Waals surface area contributed by atoms with Crippen molar-refractivity contribution in [3.63, 3.8) is 0 Å². The third kappa shape index (κ3) is 5.99. The second kappa shape index (κ2) is 8.08. The van der Waals surface area contributed by atoms with E-state index in [1.165, 1.54) is 5.56 Å². The Hall–Kier alpha value is -1.19. The maximum Gasteiger partial charge on any atom is 0.0544 e. The lowest BCUT2D eigenvalue weighted by Crippen LogP contribution is -2.30. The summed E-state index contributed by atoms with van der Waals surface area (Å²) in [4.78, 5) is 6.89. The molecule has 3 nitrogen and oxygen atoms in total. The average Bonchev–Trinajstić information content (AvgIpc) is 2.37. The highest BCUT2D eigenvalue weighted by atomic mass is 15.1. The fraction of sp³-hybridized carbons (Fsp3) is 0.562. The molecular weight excluding hydrogens is 234 g/mol. The molecule has 0 atom stereocenters. The Bertz CT molecular complexity index is 368. The Kier molecular flexibility index (Phi) is 6.74. The molecule has 0 spiro atoms. The summed E-state index contributed by atoms with van der Waals surface area (Å²) in [5, 5.41) is 3.40. The van der Waals surface area contributed by atoms with Crippen LogP contribution in [0.25, 0.3) is 0 Å². The van der Waals surface area contributed by atoms with Crippen LogP contribution in [0.15, 0.2) is 31.0 Å². The van der Waals surface area contributed by atoms with E-state index in [2.05, 4.69) is 61.6 Å². The molecule has 0 aliphatic carbocycles. The van der Waals surface area contributed by atoms with Gasteiger partial charge in [0.25, 0.3) is 0 Å². The summed E-state index contributed by atoms with van der Waals surface area (Å²) in [6.07, 6.45) is 3.91. The lowest BCUT2D eigenvalue weighted by Gasteiger charge is -2.24. The molecule has 106 valence electrons. The van der Waals surface area contributed by atoms with Crippen molar-refractivity contribution in [1.29, 1.82) is 0 Å². The number of hydrogen-bond acceptors (Lipinski definition) is 3. The minimum Gasteiger partial charge on any atom is -0.310 e. The molecular formula is C16H27N3. The van der Waals surface area contributed by atoms with E-state index in [-0.39, 0.29) is 0 Å². The van der Waals surface area contributed by atoms with E-state index in [0.29, 0.717) is 12.1 Å². The van der Waals surface area contributed by atoms with E-state index < -0.39 is 0 Å². The Morgan fingerprint density at radius 3 is 2.53 bits per heavy atom. The van der Waals surface area contributed by atoms with Gasteiger partial charge >= 0.3 is 0 Å². The highest BCUT2D eigenvalue weighted by Crippen LogP contribution is 2.07. The Labute approximate surface area is 117 Å². The molecule has 0 bridgehead atoms. The van der Waals surface area contributed by atoms with Gasteiger partial charge in [0.15, 0.2) is 0 Å². The van der Waals surface area contributed by atoms with Crippen LogP contribution >= 0.6 is 0 Å². The van der Waals surface area contributed by atoms with Gasteiger partial charge in [0.2, 0.25) is 0 Å². The van der Waals surface area contributed by atoms with Crippen molar-refractivity contribution in [2.24, 2.45) is 0 Å². The van der Waals surface area contributed by atoms with Gasteiger partial charge in [-0.05, 0) is 25.5 Å². The fourth-order valence-electron chi connectivity index (χ4n) is 1.81. The number of nitrogens with zero attached hydrogens (tertiary/aromatic N) is 2. The van der Waals surface area contributed by atoms with Gasteiger partial charge in [-0.15, -0.1) is 6.58 Å². The molecule has 1 aromatic heterocycles. The number of pyridine rings is 1. The van der Waals surface area contributed by atoms with Crippen LogP contribution < -0.4 is 5.32 Å². The van der Waals surface area contributed by atoms with E-state index in [1.54, 1.807) is 0 Å². The smallest absolute Gasteiger partial charge is 0.0544 e. The van der Waals surface area contributed by atoms with Gasteiger partial charge in [0.1, 0.15) is 0 Å². The van der Waals surface area contributed by atoms with E-state index in [1.807, 2.05) is 12.3 Å². The number of hydrogen-bond donors (Lipinski definition) is 1. The predicted molar refractivity (Wildman–Crippen MR) is 82.0 cm³/mol. The summed E-state index contributed by atoms with van der Waals surface area (Å²) < 4.78 is 0. The van der Waals surface area contributed by atoms with Crippen molar-refractivity contribution in [1.82, 2.24) is 15.2 Å². The zero-order chi connectivity index (χ0) is 14.3. The molecule has 3 heteroatoms. The highest BCUT2D eigenvalue weighted by molar-refractivity contribution is 5.14. The molecule has 0 amide bonds. The van der Waals surface area contributed by atoms with Crippen molar-refractivity contribution in [2.45, 2.75) is 52.9 Å². The quantitative estimate of drug-likeness (QED) is 0.729. The van der Waals surface area contributed by atoms with Crippen LogP contribution in [0.5, 0.6) is 0 Å². The number of nitrogens with one attached hydrogen (secondary N) is 1. The van der Waals surface area contributed by atoms with Crippen molar-refractivity contribution < 1.29 is 0 Å². The molecule has 19 heavy (non-hydrogen) atoms. The number of aromatic nitrogens is 1. The molecule has 0 radical (unpaired) electrons. The maximum absolute atomic E-state index is 4.55. The van der Waals surface area contributed by atoms with E-state index in [0.717, 1.165) is 25.3 Å². The van der Waals surface area contributed by atoms with E-state index in [9.17, 15) is 0 Å². The summed E-state index contributed by atoms with van der Waals surface area (Å²) in [5.74, 6) is 0. The largest absolute Gasteiger partial charge is 0.310 e. The van der Waals surface area contributed by atoms with Crippen molar-refractivity contribution in [2.75, 3.05) is 6.54 Å². The first-order valence-corrected chi connectivity index (χ1v) is 7.05. The first-order valence-electron chi connectivity index (χ1n) is 7.05. The van der Waals surface area contributed by atoms with Crippen LogP contribution in [0, 0.1) is 0 Å². The predicted octanol–water partition coefficient (Wildman–Crippen LogP) is 2.98. The lowest BCUT2D eigenvalue weighted by molar-refractivity contribution is 0.234. The van der Waals surface area contributed by atoms with Gasteiger partial charge in [-0.2, -0.15) is 0 Å². The molecule has 0 fully saturated rings. The monoisotopic (exact) mass is 261 g/mol. The van der Waals surface area contributed by atoms with Crippen LogP contribution in [-0.2, 0) is 13.1 Å². The van der Waals surface area contributed by atoms with Gasteiger partial charge in [0, 0.05) is 37.9 Å². The second-order valence-corrected chi connectivity index (χ2v) is 5.51. The minimum absolute atomic E-state index is 0.502. The average molecular weight is 261 g/mol. The standard InChI is InChI=1S/C16H27N3/c1-6-9-19(14(4)5)12-16-8-7-15(11-18-16)10-17-13(2)3/h6-8,11,13-14,17H,1,9-10,12H2,2-5H3. The van der Waals surface area contributed by atoms with E-state index >= 15 is 0 Å².